The molecule has 1 N–H and O–H groups in total. The van der Waals surface area contributed by atoms with Crippen LogP contribution in [0.1, 0.15) is 16.1 Å². The van der Waals surface area contributed by atoms with Gasteiger partial charge in [0.1, 0.15) is 10.7 Å². The summed E-state index contributed by atoms with van der Waals surface area (Å²) in [5.41, 5.74) is 2.88. The van der Waals surface area contributed by atoms with Gasteiger partial charge in [-0.3, -0.25) is 9.78 Å². The zero-order valence-corrected chi connectivity index (χ0v) is 13.3. The molecule has 0 aliphatic carbocycles. The third-order valence-electron chi connectivity index (χ3n) is 3.08. The summed E-state index contributed by atoms with van der Waals surface area (Å²) in [6.07, 6.45) is 3.42. The Morgan fingerprint density at radius 2 is 2.18 bits per heavy atom. The second-order valence-electron chi connectivity index (χ2n) is 4.70. The maximum atomic E-state index is 12.2. The molecule has 1 amide bonds. The second kappa shape index (κ2) is 6.25. The highest BCUT2D eigenvalue weighted by molar-refractivity contribution is 7.13. The number of halogens is 1. The number of aromatic nitrogens is 2. The molecule has 4 nitrogen and oxygen atoms in total. The van der Waals surface area contributed by atoms with E-state index in [2.05, 4.69) is 15.3 Å². The summed E-state index contributed by atoms with van der Waals surface area (Å²) in [6.45, 7) is 1.91. The molecule has 1 aromatic carbocycles. The average Bonchev–Trinajstić information content (AvgIpc) is 3.02. The summed E-state index contributed by atoms with van der Waals surface area (Å²) < 4.78 is 0. The minimum atomic E-state index is -0.258. The van der Waals surface area contributed by atoms with Gasteiger partial charge in [0.15, 0.2) is 0 Å². The molecule has 0 spiro atoms. The number of pyridine rings is 1. The fourth-order valence-corrected chi connectivity index (χ4v) is 2.84. The Balaban J connectivity index is 1.78. The van der Waals surface area contributed by atoms with Crippen molar-refractivity contribution in [2.24, 2.45) is 0 Å². The second-order valence-corrected chi connectivity index (χ2v) is 5.96. The monoisotopic (exact) mass is 329 g/mol. The van der Waals surface area contributed by atoms with Crippen molar-refractivity contribution in [2.75, 3.05) is 5.32 Å². The molecule has 110 valence electrons. The lowest BCUT2D eigenvalue weighted by atomic mass is 10.2. The summed E-state index contributed by atoms with van der Waals surface area (Å²) in [6, 6.07) is 9.15. The van der Waals surface area contributed by atoms with Crippen molar-refractivity contribution >= 4 is 34.5 Å². The first-order valence-electron chi connectivity index (χ1n) is 6.57. The molecule has 3 rings (SSSR count). The highest BCUT2D eigenvalue weighted by atomic mass is 35.5. The average molecular weight is 330 g/mol. The van der Waals surface area contributed by atoms with E-state index >= 15 is 0 Å². The normalized spacial score (nSPS) is 10.5. The van der Waals surface area contributed by atoms with Crippen LogP contribution in [0.3, 0.4) is 0 Å². The highest BCUT2D eigenvalue weighted by Crippen LogP contribution is 2.24. The summed E-state index contributed by atoms with van der Waals surface area (Å²) in [5, 5.41) is 5.91. The van der Waals surface area contributed by atoms with Gasteiger partial charge < -0.3 is 5.32 Å². The number of nitrogens with zero attached hydrogens (tertiary/aromatic N) is 2. The van der Waals surface area contributed by atoms with Crippen LogP contribution in [0.2, 0.25) is 5.02 Å². The van der Waals surface area contributed by atoms with Crippen LogP contribution in [0, 0.1) is 6.92 Å². The van der Waals surface area contributed by atoms with Crippen molar-refractivity contribution in [3.63, 3.8) is 0 Å². The number of carbonyl (C=O) groups excluding carboxylic acids is 1. The molecule has 2 aromatic heterocycles. The van der Waals surface area contributed by atoms with Crippen LogP contribution < -0.4 is 5.32 Å². The third kappa shape index (κ3) is 3.16. The molecule has 22 heavy (non-hydrogen) atoms. The lowest BCUT2D eigenvalue weighted by Gasteiger charge is -2.05. The van der Waals surface area contributed by atoms with Crippen LogP contribution in [0.5, 0.6) is 0 Å². The fraction of sp³-hybridized carbons (Fsp3) is 0.0625. The summed E-state index contributed by atoms with van der Waals surface area (Å²) in [5.74, 6) is -0.258. The molecule has 2 heterocycles. The van der Waals surface area contributed by atoms with E-state index in [9.17, 15) is 4.79 Å². The highest BCUT2D eigenvalue weighted by Gasteiger charge is 2.12. The lowest BCUT2D eigenvalue weighted by Crippen LogP contribution is -2.12. The number of thiazole rings is 1. The zero-order valence-electron chi connectivity index (χ0n) is 11.7. The van der Waals surface area contributed by atoms with Gasteiger partial charge in [0.05, 0.1) is 0 Å². The minimum Gasteiger partial charge on any atom is -0.321 e. The number of carbonyl (C=O) groups is 1. The van der Waals surface area contributed by atoms with Gasteiger partial charge in [0.25, 0.3) is 5.91 Å². The van der Waals surface area contributed by atoms with Crippen molar-refractivity contribution in [1.29, 1.82) is 0 Å². The Hall–Kier alpha value is -2.24. The number of nitrogens with one attached hydrogen (secondary N) is 1. The van der Waals surface area contributed by atoms with Crippen molar-refractivity contribution in [2.45, 2.75) is 6.92 Å². The smallest absolute Gasteiger partial charge is 0.275 e. The number of hydrogen-bond acceptors (Lipinski definition) is 4. The molecule has 0 unspecified atom stereocenters. The molecule has 0 radical (unpaired) electrons. The van der Waals surface area contributed by atoms with Crippen LogP contribution in [0.25, 0.3) is 10.6 Å². The SMILES string of the molecule is Cc1ccc(NC(=O)c2csc(-c3cccnc3)n2)cc1Cl. The van der Waals surface area contributed by atoms with E-state index < -0.39 is 0 Å². The molecule has 0 aliphatic heterocycles. The Morgan fingerprint density at radius 3 is 2.91 bits per heavy atom. The number of amides is 1. The van der Waals surface area contributed by atoms with Gasteiger partial charge in [-0.2, -0.15) is 0 Å². The van der Waals surface area contributed by atoms with Gasteiger partial charge in [-0.05, 0) is 36.8 Å². The molecule has 0 saturated heterocycles. The van der Waals surface area contributed by atoms with E-state index in [0.717, 1.165) is 16.1 Å². The predicted molar refractivity (Wildman–Crippen MR) is 89.5 cm³/mol. The van der Waals surface area contributed by atoms with E-state index in [1.54, 1.807) is 23.8 Å². The van der Waals surface area contributed by atoms with Crippen molar-refractivity contribution in [3.05, 3.63) is 64.4 Å². The molecule has 0 atom stereocenters. The largest absolute Gasteiger partial charge is 0.321 e. The Kier molecular flexibility index (Phi) is 4.18. The summed E-state index contributed by atoms with van der Waals surface area (Å²) in [4.78, 5) is 20.6. The van der Waals surface area contributed by atoms with Gasteiger partial charge in [-0.25, -0.2) is 4.98 Å². The van der Waals surface area contributed by atoms with E-state index in [4.69, 9.17) is 11.6 Å². The quantitative estimate of drug-likeness (QED) is 0.774. The summed E-state index contributed by atoms with van der Waals surface area (Å²) in [7, 11) is 0. The van der Waals surface area contributed by atoms with Crippen molar-refractivity contribution < 1.29 is 4.79 Å². The molecule has 0 fully saturated rings. The van der Waals surface area contributed by atoms with Crippen molar-refractivity contribution in [3.8, 4) is 10.6 Å². The molecule has 0 aliphatic rings. The first kappa shape index (κ1) is 14.7. The predicted octanol–water partition coefficient (Wildman–Crippen LogP) is 4.42. The van der Waals surface area contributed by atoms with Crippen molar-refractivity contribution in [1.82, 2.24) is 9.97 Å². The lowest BCUT2D eigenvalue weighted by molar-refractivity contribution is 0.102. The Morgan fingerprint density at radius 1 is 1.32 bits per heavy atom. The first-order chi connectivity index (χ1) is 10.6. The molecule has 3 aromatic rings. The Bertz CT molecular complexity index is 817. The number of anilines is 1. The fourth-order valence-electron chi connectivity index (χ4n) is 1.87. The Labute approximate surface area is 136 Å². The van der Waals surface area contributed by atoms with Crippen LogP contribution in [-0.2, 0) is 0 Å². The van der Waals surface area contributed by atoms with Gasteiger partial charge in [-0.15, -0.1) is 11.3 Å². The van der Waals surface area contributed by atoms with E-state index in [0.29, 0.717) is 16.4 Å². The van der Waals surface area contributed by atoms with Crippen LogP contribution >= 0.6 is 22.9 Å². The molecule has 0 bridgehead atoms. The zero-order chi connectivity index (χ0) is 15.5. The topological polar surface area (TPSA) is 54.9 Å². The molecule has 6 heteroatoms. The number of benzene rings is 1. The van der Waals surface area contributed by atoms with Gasteiger partial charge in [0.2, 0.25) is 0 Å². The third-order valence-corrected chi connectivity index (χ3v) is 4.37. The van der Waals surface area contributed by atoms with Gasteiger partial charge in [-0.1, -0.05) is 17.7 Å². The van der Waals surface area contributed by atoms with E-state index in [1.807, 2.05) is 31.2 Å². The molecular weight excluding hydrogens is 318 g/mol. The van der Waals surface area contributed by atoms with E-state index in [1.165, 1.54) is 11.3 Å². The molecule has 0 saturated carbocycles. The van der Waals surface area contributed by atoms with Crippen LogP contribution in [-0.4, -0.2) is 15.9 Å². The summed E-state index contributed by atoms with van der Waals surface area (Å²) >= 11 is 7.46. The van der Waals surface area contributed by atoms with Crippen LogP contribution in [0.4, 0.5) is 5.69 Å². The maximum Gasteiger partial charge on any atom is 0.275 e. The standard InChI is InChI=1S/C16H12ClN3OS/c1-10-4-5-12(7-13(10)17)19-15(21)14-9-22-16(20-14)11-3-2-6-18-8-11/h2-9H,1H3,(H,19,21). The number of aryl methyl sites for hydroxylation is 1. The van der Waals surface area contributed by atoms with Crippen LogP contribution in [0.15, 0.2) is 48.1 Å². The maximum absolute atomic E-state index is 12.2. The number of hydrogen-bond donors (Lipinski definition) is 1. The molecular formula is C16H12ClN3OS. The van der Waals surface area contributed by atoms with E-state index in [-0.39, 0.29) is 5.91 Å². The van der Waals surface area contributed by atoms with Gasteiger partial charge in [0, 0.05) is 34.0 Å². The minimum absolute atomic E-state index is 0.258. The number of rotatable bonds is 3. The van der Waals surface area contributed by atoms with Gasteiger partial charge >= 0.3 is 0 Å². The first-order valence-corrected chi connectivity index (χ1v) is 7.82.